The topological polar surface area (TPSA) is 75.2 Å². The fourth-order valence-corrected chi connectivity index (χ4v) is 3.22. The number of carbonyl (C=O) groups excluding carboxylic acids is 2. The number of aryl methyl sites for hydroxylation is 1. The van der Waals surface area contributed by atoms with Crippen LogP contribution in [0.15, 0.2) is 24.3 Å². The molecule has 0 aliphatic carbocycles. The standard InChI is InChI=1S/C15H15ClN4O2S/c1-2-12-18-19-15(23-12)17-14(22)9-7-13(21)20(8-9)11-5-3-10(16)4-6-11/h3-6,9H,2,7-8H2,1H3,(H,17,19,22)/t9-/m0/s1. The minimum Gasteiger partial charge on any atom is -0.312 e. The summed E-state index contributed by atoms with van der Waals surface area (Å²) in [4.78, 5) is 26.1. The highest BCUT2D eigenvalue weighted by Crippen LogP contribution is 2.27. The van der Waals surface area contributed by atoms with E-state index in [0.717, 1.165) is 17.1 Å². The summed E-state index contributed by atoms with van der Waals surface area (Å²) >= 11 is 7.21. The van der Waals surface area contributed by atoms with Gasteiger partial charge in [0.2, 0.25) is 16.9 Å². The highest BCUT2D eigenvalue weighted by Gasteiger charge is 2.35. The maximum absolute atomic E-state index is 12.3. The number of hydrogen-bond donors (Lipinski definition) is 1. The number of benzene rings is 1. The molecule has 3 rings (SSSR count). The number of carbonyl (C=O) groups is 2. The lowest BCUT2D eigenvalue weighted by atomic mass is 10.1. The van der Waals surface area contributed by atoms with Crippen LogP contribution in [0, 0.1) is 5.92 Å². The zero-order valence-corrected chi connectivity index (χ0v) is 14.0. The van der Waals surface area contributed by atoms with Gasteiger partial charge in [-0.2, -0.15) is 0 Å². The molecule has 0 bridgehead atoms. The molecule has 2 aromatic rings. The Morgan fingerprint density at radius 2 is 2.13 bits per heavy atom. The van der Waals surface area contributed by atoms with E-state index in [9.17, 15) is 9.59 Å². The second-order valence-electron chi connectivity index (χ2n) is 5.23. The quantitative estimate of drug-likeness (QED) is 0.920. The van der Waals surface area contributed by atoms with Crippen LogP contribution in [0.5, 0.6) is 0 Å². The van der Waals surface area contributed by atoms with Crippen molar-refractivity contribution in [1.29, 1.82) is 0 Å². The first-order valence-electron chi connectivity index (χ1n) is 7.26. The van der Waals surface area contributed by atoms with Crippen molar-refractivity contribution in [2.45, 2.75) is 19.8 Å². The van der Waals surface area contributed by atoms with E-state index in [1.807, 2.05) is 6.92 Å². The molecule has 1 saturated heterocycles. The van der Waals surface area contributed by atoms with Gasteiger partial charge in [0, 0.05) is 23.7 Å². The maximum atomic E-state index is 12.3. The summed E-state index contributed by atoms with van der Waals surface area (Å²) in [6.07, 6.45) is 0.966. The van der Waals surface area contributed by atoms with E-state index < -0.39 is 5.92 Å². The minimum atomic E-state index is -0.396. The summed E-state index contributed by atoms with van der Waals surface area (Å²) in [5.41, 5.74) is 0.749. The SMILES string of the molecule is CCc1nnc(NC(=O)[C@H]2CC(=O)N(c3ccc(Cl)cc3)C2)s1. The largest absolute Gasteiger partial charge is 0.312 e. The number of anilines is 2. The van der Waals surface area contributed by atoms with Crippen LogP contribution in [-0.4, -0.2) is 28.6 Å². The van der Waals surface area contributed by atoms with Crippen LogP contribution in [0.2, 0.25) is 5.02 Å². The van der Waals surface area contributed by atoms with Gasteiger partial charge in [-0.25, -0.2) is 0 Å². The Morgan fingerprint density at radius 3 is 2.78 bits per heavy atom. The van der Waals surface area contributed by atoms with Crippen molar-refractivity contribution in [2.24, 2.45) is 5.92 Å². The second kappa shape index (κ2) is 6.64. The van der Waals surface area contributed by atoms with E-state index in [0.29, 0.717) is 16.7 Å². The van der Waals surface area contributed by atoms with E-state index in [-0.39, 0.29) is 18.2 Å². The molecule has 8 heteroatoms. The molecule has 2 heterocycles. The van der Waals surface area contributed by atoms with Gasteiger partial charge in [-0.05, 0) is 30.7 Å². The highest BCUT2D eigenvalue weighted by molar-refractivity contribution is 7.15. The van der Waals surface area contributed by atoms with E-state index in [4.69, 9.17) is 11.6 Å². The van der Waals surface area contributed by atoms with Gasteiger partial charge in [0.1, 0.15) is 5.01 Å². The molecule has 0 saturated carbocycles. The summed E-state index contributed by atoms with van der Waals surface area (Å²) in [5.74, 6) is -0.667. The molecule has 23 heavy (non-hydrogen) atoms. The van der Waals surface area contributed by atoms with Crippen molar-refractivity contribution >= 4 is 45.6 Å². The molecule has 0 spiro atoms. The van der Waals surface area contributed by atoms with E-state index in [2.05, 4.69) is 15.5 Å². The first-order valence-corrected chi connectivity index (χ1v) is 8.45. The molecular formula is C15H15ClN4O2S. The van der Waals surface area contributed by atoms with Crippen molar-refractivity contribution in [1.82, 2.24) is 10.2 Å². The molecule has 1 aromatic heterocycles. The van der Waals surface area contributed by atoms with Crippen LogP contribution in [0.4, 0.5) is 10.8 Å². The van der Waals surface area contributed by atoms with Gasteiger partial charge in [-0.15, -0.1) is 10.2 Å². The summed E-state index contributed by atoms with van der Waals surface area (Å²) < 4.78 is 0. The summed E-state index contributed by atoms with van der Waals surface area (Å²) in [5, 5.41) is 12.6. The van der Waals surface area contributed by atoms with Crippen molar-refractivity contribution in [3.63, 3.8) is 0 Å². The van der Waals surface area contributed by atoms with E-state index in [1.54, 1.807) is 29.2 Å². The fourth-order valence-electron chi connectivity index (χ4n) is 2.41. The first kappa shape index (κ1) is 15.9. The van der Waals surface area contributed by atoms with Gasteiger partial charge in [0.25, 0.3) is 0 Å². The second-order valence-corrected chi connectivity index (χ2v) is 6.72. The molecule has 1 aromatic carbocycles. The third-order valence-corrected chi connectivity index (χ3v) is 4.87. The molecule has 0 radical (unpaired) electrons. The summed E-state index contributed by atoms with van der Waals surface area (Å²) in [7, 11) is 0. The van der Waals surface area contributed by atoms with Crippen molar-refractivity contribution in [3.05, 3.63) is 34.3 Å². The smallest absolute Gasteiger partial charge is 0.231 e. The molecule has 1 fully saturated rings. The molecule has 0 unspecified atom stereocenters. The van der Waals surface area contributed by atoms with Crippen LogP contribution < -0.4 is 10.2 Å². The van der Waals surface area contributed by atoms with Crippen LogP contribution >= 0.6 is 22.9 Å². The Balaban J connectivity index is 1.66. The average Bonchev–Trinajstić information content (AvgIpc) is 3.15. The fraction of sp³-hybridized carbons (Fsp3) is 0.333. The molecule has 1 N–H and O–H groups in total. The van der Waals surface area contributed by atoms with Gasteiger partial charge in [-0.1, -0.05) is 29.9 Å². The molecule has 120 valence electrons. The average molecular weight is 351 g/mol. The number of aromatic nitrogens is 2. The molecule has 6 nitrogen and oxygen atoms in total. The third kappa shape index (κ3) is 3.51. The summed E-state index contributed by atoms with van der Waals surface area (Å²) in [6.45, 7) is 2.33. The maximum Gasteiger partial charge on any atom is 0.231 e. The van der Waals surface area contributed by atoms with Crippen molar-refractivity contribution in [3.8, 4) is 0 Å². The van der Waals surface area contributed by atoms with Crippen molar-refractivity contribution < 1.29 is 9.59 Å². The van der Waals surface area contributed by atoms with Crippen molar-refractivity contribution in [2.75, 3.05) is 16.8 Å². The third-order valence-electron chi connectivity index (χ3n) is 3.63. The van der Waals surface area contributed by atoms with Gasteiger partial charge in [0.05, 0.1) is 5.92 Å². The molecule has 1 aliphatic heterocycles. The number of nitrogens with zero attached hydrogens (tertiary/aromatic N) is 3. The lowest BCUT2D eigenvalue weighted by Gasteiger charge is -2.16. The Labute approximate surface area is 142 Å². The summed E-state index contributed by atoms with van der Waals surface area (Å²) in [6, 6.07) is 7.01. The number of nitrogens with one attached hydrogen (secondary N) is 1. The Bertz CT molecular complexity index is 731. The van der Waals surface area contributed by atoms with Crippen LogP contribution in [0.1, 0.15) is 18.4 Å². The number of rotatable bonds is 4. The molecule has 1 atom stereocenters. The number of halogens is 1. The zero-order valence-electron chi connectivity index (χ0n) is 12.5. The zero-order chi connectivity index (χ0) is 16.4. The van der Waals surface area contributed by atoms with E-state index >= 15 is 0 Å². The Hall–Kier alpha value is -1.99. The molecular weight excluding hydrogens is 336 g/mol. The Morgan fingerprint density at radius 1 is 1.39 bits per heavy atom. The number of amides is 2. The lowest BCUT2D eigenvalue weighted by Crippen LogP contribution is -2.28. The highest BCUT2D eigenvalue weighted by atomic mass is 35.5. The van der Waals surface area contributed by atoms with Gasteiger partial charge >= 0.3 is 0 Å². The van der Waals surface area contributed by atoms with Gasteiger partial charge in [-0.3, -0.25) is 9.59 Å². The molecule has 2 amide bonds. The predicted molar refractivity (Wildman–Crippen MR) is 89.8 cm³/mol. The molecule has 1 aliphatic rings. The lowest BCUT2D eigenvalue weighted by molar-refractivity contribution is -0.122. The predicted octanol–water partition coefficient (Wildman–Crippen LogP) is 2.75. The van der Waals surface area contributed by atoms with Crippen LogP contribution in [0.25, 0.3) is 0 Å². The first-order chi connectivity index (χ1) is 11.1. The monoisotopic (exact) mass is 350 g/mol. The minimum absolute atomic E-state index is 0.0704. The van der Waals surface area contributed by atoms with Crippen LogP contribution in [-0.2, 0) is 16.0 Å². The van der Waals surface area contributed by atoms with Crippen LogP contribution in [0.3, 0.4) is 0 Å². The van der Waals surface area contributed by atoms with Gasteiger partial charge in [0.15, 0.2) is 0 Å². The Kier molecular flexibility index (Phi) is 4.58. The van der Waals surface area contributed by atoms with E-state index in [1.165, 1.54) is 11.3 Å². The van der Waals surface area contributed by atoms with Gasteiger partial charge < -0.3 is 10.2 Å². The number of hydrogen-bond acceptors (Lipinski definition) is 5. The normalized spacial score (nSPS) is 17.6.